The van der Waals surface area contributed by atoms with Crippen LogP contribution in [0, 0.1) is 6.92 Å². The van der Waals surface area contributed by atoms with Gasteiger partial charge in [-0.3, -0.25) is 0 Å². The molecule has 2 aromatic carbocycles. The average Bonchev–Trinajstić information content (AvgIpc) is 2.99. The van der Waals surface area contributed by atoms with Crippen LogP contribution in [-0.2, 0) is 11.3 Å². The van der Waals surface area contributed by atoms with Gasteiger partial charge in [0.15, 0.2) is 5.82 Å². The first kappa shape index (κ1) is 19.4. The zero-order valence-corrected chi connectivity index (χ0v) is 15.9. The third kappa shape index (κ3) is 4.32. The Morgan fingerprint density at radius 1 is 1.21 bits per heavy atom. The van der Waals surface area contributed by atoms with Gasteiger partial charge in [0.25, 0.3) is 0 Å². The molecule has 1 atom stereocenters. The highest BCUT2D eigenvalue weighted by Gasteiger charge is 2.25. The predicted octanol–water partition coefficient (Wildman–Crippen LogP) is 3.43. The number of hydrogen-bond donors (Lipinski definition) is 3. The van der Waals surface area contributed by atoms with Gasteiger partial charge in [0.1, 0.15) is 11.4 Å². The number of aryl methyl sites for hydroxylation is 1. The summed E-state index contributed by atoms with van der Waals surface area (Å²) in [6, 6.07) is 16.9. The molecule has 0 aliphatic heterocycles. The number of nitrogens with two attached hydrogens (primary N) is 1. The van der Waals surface area contributed by atoms with Gasteiger partial charge in [-0.15, -0.1) is 0 Å². The number of esters is 1. The van der Waals surface area contributed by atoms with E-state index in [0.29, 0.717) is 5.82 Å². The number of aromatic nitrogens is 2. The molecular formula is C21H24N4O3. The van der Waals surface area contributed by atoms with Gasteiger partial charge in [0.05, 0.1) is 19.3 Å². The van der Waals surface area contributed by atoms with E-state index in [4.69, 9.17) is 10.5 Å². The normalized spacial score (nSPS) is 11.8. The zero-order valence-electron chi connectivity index (χ0n) is 15.9. The Balaban J connectivity index is 1.92. The molecule has 1 unspecified atom stereocenters. The van der Waals surface area contributed by atoms with E-state index in [1.54, 1.807) is 6.92 Å². The number of rotatable bonds is 7. The van der Waals surface area contributed by atoms with E-state index in [-0.39, 0.29) is 24.5 Å². The molecule has 0 radical (unpaired) electrons. The van der Waals surface area contributed by atoms with Crippen LogP contribution < -0.4 is 11.1 Å². The second-order valence-electron chi connectivity index (χ2n) is 6.43. The van der Waals surface area contributed by atoms with E-state index in [1.165, 1.54) is 4.68 Å². The summed E-state index contributed by atoms with van der Waals surface area (Å²) < 4.78 is 6.55. The number of nitrogens with one attached hydrogen (secondary N) is 1. The summed E-state index contributed by atoms with van der Waals surface area (Å²) in [5.41, 5.74) is 8.97. The Hall–Kier alpha value is -3.32. The van der Waals surface area contributed by atoms with Crippen LogP contribution in [0.2, 0.25) is 0 Å². The van der Waals surface area contributed by atoms with E-state index in [1.807, 2.05) is 61.5 Å². The molecule has 1 aromatic heterocycles. The Labute approximate surface area is 163 Å². The van der Waals surface area contributed by atoms with Gasteiger partial charge in [0, 0.05) is 5.69 Å². The van der Waals surface area contributed by atoms with Crippen LogP contribution in [0.5, 0.6) is 0 Å². The summed E-state index contributed by atoms with van der Waals surface area (Å²) in [7, 11) is 0. The van der Waals surface area contributed by atoms with Crippen LogP contribution in [0.3, 0.4) is 0 Å². The van der Waals surface area contributed by atoms with E-state index >= 15 is 0 Å². The minimum atomic E-state index is -0.814. The molecule has 0 fully saturated rings. The zero-order chi connectivity index (χ0) is 20.1. The van der Waals surface area contributed by atoms with Gasteiger partial charge in [-0.2, -0.15) is 5.10 Å². The minimum Gasteiger partial charge on any atom is -0.462 e. The number of aliphatic hydroxyl groups excluding tert-OH is 1. The van der Waals surface area contributed by atoms with Crippen LogP contribution in [0.1, 0.15) is 34.5 Å². The molecule has 3 rings (SSSR count). The molecule has 0 amide bonds. The Kier molecular flexibility index (Phi) is 5.96. The largest absolute Gasteiger partial charge is 0.462 e. The van der Waals surface area contributed by atoms with Crippen molar-refractivity contribution in [1.29, 1.82) is 0 Å². The molecule has 7 heteroatoms. The van der Waals surface area contributed by atoms with Crippen molar-refractivity contribution in [3.05, 3.63) is 71.3 Å². The van der Waals surface area contributed by atoms with Gasteiger partial charge in [-0.1, -0.05) is 48.0 Å². The summed E-state index contributed by atoms with van der Waals surface area (Å²) in [4.78, 5) is 12.4. The number of anilines is 3. The Morgan fingerprint density at radius 2 is 1.89 bits per heavy atom. The lowest BCUT2D eigenvalue weighted by molar-refractivity contribution is 0.0528. The maximum atomic E-state index is 12.4. The molecule has 4 N–H and O–H groups in total. The first-order valence-corrected chi connectivity index (χ1v) is 9.09. The molecule has 146 valence electrons. The maximum Gasteiger partial charge on any atom is 0.345 e. The van der Waals surface area contributed by atoms with Crippen molar-refractivity contribution < 1.29 is 14.6 Å². The average molecular weight is 380 g/mol. The molecule has 3 aromatic rings. The van der Waals surface area contributed by atoms with Gasteiger partial charge in [-0.25, -0.2) is 9.48 Å². The molecule has 0 aliphatic rings. The quantitative estimate of drug-likeness (QED) is 0.543. The second-order valence-corrected chi connectivity index (χ2v) is 6.43. The Bertz CT molecular complexity index is 936. The van der Waals surface area contributed by atoms with E-state index in [9.17, 15) is 9.90 Å². The van der Waals surface area contributed by atoms with Crippen molar-refractivity contribution in [2.24, 2.45) is 0 Å². The van der Waals surface area contributed by atoms with Crippen molar-refractivity contribution in [2.75, 3.05) is 17.7 Å². The Morgan fingerprint density at radius 3 is 2.54 bits per heavy atom. The molecule has 7 nitrogen and oxygen atoms in total. The van der Waals surface area contributed by atoms with Crippen LogP contribution in [-0.4, -0.2) is 27.5 Å². The fraction of sp³-hybridized carbons (Fsp3) is 0.238. The highest BCUT2D eigenvalue weighted by Crippen LogP contribution is 2.28. The van der Waals surface area contributed by atoms with Crippen molar-refractivity contribution in [3.63, 3.8) is 0 Å². The van der Waals surface area contributed by atoms with Crippen molar-refractivity contribution in [1.82, 2.24) is 9.78 Å². The van der Waals surface area contributed by atoms with Gasteiger partial charge in [0.2, 0.25) is 0 Å². The van der Waals surface area contributed by atoms with E-state index < -0.39 is 12.1 Å². The molecule has 0 spiro atoms. The van der Waals surface area contributed by atoms with Crippen LogP contribution >= 0.6 is 0 Å². The third-order valence-electron chi connectivity index (χ3n) is 4.32. The lowest BCUT2D eigenvalue weighted by Crippen LogP contribution is -2.14. The molecule has 0 saturated carbocycles. The number of carbonyl (C=O) groups is 1. The van der Waals surface area contributed by atoms with Gasteiger partial charge >= 0.3 is 5.97 Å². The fourth-order valence-electron chi connectivity index (χ4n) is 2.82. The van der Waals surface area contributed by atoms with Gasteiger partial charge in [-0.05, 0) is 31.5 Å². The van der Waals surface area contributed by atoms with Crippen molar-refractivity contribution in [3.8, 4) is 0 Å². The molecule has 0 aliphatic carbocycles. The molecule has 1 heterocycles. The second kappa shape index (κ2) is 8.58. The smallest absolute Gasteiger partial charge is 0.345 e. The van der Waals surface area contributed by atoms with Crippen LogP contribution in [0.15, 0.2) is 54.6 Å². The first-order chi connectivity index (χ1) is 13.5. The minimum absolute atomic E-state index is 0.109. The number of carbonyl (C=O) groups excluding carboxylic acids is 1. The molecule has 0 bridgehead atoms. The lowest BCUT2D eigenvalue weighted by Gasteiger charge is -2.12. The standard InChI is InChI=1S/C21H24N4O3/c1-3-28-21(27)18-19(22)25(13-17(26)15-7-5-4-6-8-15)24-20(18)23-16-11-9-14(2)10-12-16/h4-12,17,26H,3,13,22H2,1-2H3,(H,23,24). The van der Waals surface area contributed by atoms with Crippen molar-refractivity contribution >= 4 is 23.3 Å². The number of hydrogen-bond acceptors (Lipinski definition) is 6. The van der Waals surface area contributed by atoms with Crippen molar-refractivity contribution in [2.45, 2.75) is 26.5 Å². The number of nitrogen functional groups attached to an aromatic ring is 1. The first-order valence-electron chi connectivity index (χ1n) is 9.09. The SMILES string of the molecule is CCOC(=O)c1c(Nc2ccc(C)cc2)nn(CC(O)c2ccccc2)c1N. The lowest BCUT2D eigenvalue weighted by atomic mass is 10.1. The number of nitrogens with zero attached hydrogens (tertiary/aromatic N) is 2. The molecular weight excluding hydrogens is 356 g/mol. The maximum absolute atomic E-state index is 12.4. The highest BCUT2D eigenvalue weighted by atomic mass is 16.5. The topological polar surface area (TPSA) is 102 Å². The monoisotopic (exact) mass is 380 g/mol. The summed E-state index contributed by atoms with van der Waals surface area (Å²) in [5.74, 6) is -0.127. The van der Waals surface area contributed by atoms with Gasteiger partial charge < -0.3 is 20.9 Å². The highest BCUT2D eigenvalue weighted by molar-refractivity contribution is 6.00. The summed E-state index contributed by atoms with van der Waals surface area (Å²) in [6.45, 7) is 4.05. The molecule has 0 saturated heterocycles. The summed E-state index contributed by atoms with van der Waals surface area (Å²) in [5, 5.41) is 18.0. The number of benzene rings is 2. The van der Waals surface area contributed by atoms with Crippen LogP contribution in [0.25, 0.3) is 0 Å². The fourth-order valence-corrected chi connectivity index (χ4v) is 2.82. The number of aliphatic hydroxyl groups is 1. The summed E-state index contributed by atoms with van der Waals surface area (Å²) >= 11 is 0. The number of ether oxygens (including phenoxy) is 1. The van der Waals surface area contributed by atoms with E-state index in [0.717, 1.165) is 16.8 Å². The predicted molar refractivity (Wildman–Crippen MR) is 108 cm³/mol. The third-order valence-corrected chi connectivity index (χ3v) is 4.32. The van der Waals surface area contributed by atoms with Crippen LogP contribution in [0.4, 0.5) is 17.3 Å². The molecule has 28 heavy (non-hydrogen) atoms. The van der Waals surface area contributed by atoms with E-state index in [2.05, 4.69) is 10.4 Å². The summed E-state index contributed by atoms with van der Waals surface area (Å²) in [6.07, 6.45) is -0.814.